The molecular formula is C42H26N2O. The number of hydrogen-bond acceptors (Lipinski definition) is 1. The van der Waals surface area contributed by atoms with E-state index in [0.29, 0.717) is 28.0 Å². The standard InChI is InChI=1S/C42H26N2O/c1-6-18-35-28(12-1)29-13-2-7-19-36(29)43(35)27-24-25-32-30-14-3-8-20-37(30)44(39(32)26-27)38-21-9-4-15-31(38)33-17-11-23-41-42(33)34-16-5-10-22-40(34)45-41/h1-26H/i1D,2D,3D,6D,7D,8D,12D,13D,14D,18D,19D,20D,24D,25D,26D. The molecule has 210 valence electrons. The number of nitrogens with zero attached hydrogens (tertiary/aromatic N) is 2. The Morgan fingerprint density at radius 2 is 1.02 bits per heavy atom. The summed E-state index contributed by atoms with van der Waals surface area (Å²) in [6, 6.07) is 10.6. The van der Waals surface area contributed by atoms with Crippen LogP contribution in [-0.2, 0) is 0 Å². The van der Waals surface area contributed by atoms with Gasteiger partial charge < -0.3 is 13.6 Å². The third kappa shape index (κ3) is 3.41. The second-order valence-corrected chi connectivity index (χ2v) is 10.6. The molecule has 0 N–H and O–H groups in total. The normalized spacial score (nSPS) is 16.7. The van der Waals surface area contributed by atoms with Crippen LogP contribution in [0.1, 0.15) is 20.6 Å². The van der Waals surface area contributed by atoms with Crippen molar-refractivity contribution >= 4 is 65.6 Å². The van der Waals surface area contributed by atoms with Gasteiger partial charge in [0.25, 0.3) is 0 Å². The molecule has 0 atom stereocenters. The second kappa shape index (κ2) is 9.22. The van der Waals surface area contributed by atoms with Crippen LogP contribution in [0, 0.1) is 0 Å². The van der Waals surface area contributed by atoms with Crippen LogP contribution in [0.5, 0.6) is 0 Å². The smallest absolute Gasteiger partial charge is 0.136 e. The average Bonchev–Trinajstić information content (AvgIpc) is 3.93. The predicted octanol–water partition coefficient (Wildman–Crippen LogP) is 11.4. The second-order valence-electron chi connectivity index (χ2n) is 10.6. The molecule has 3 nitrogen and oxygen atoms in total. The summed E-state index contributed by atoms with van der Waals surface area (Å²) >= 11 is 0. The summed E-state index contributed by atoms with van der Waals surface area (Å²) < 4.78 is 144. The van der Waals surface area contributed by atoms with Gasteiger partial charge in [0.1, 0.15) is 11.2 Å². The van der Waals surface area contributed by atoms with Gasteiger partial charge in [-0.05, 0) is 54.0 Å². The molecule has 3 heterocycles. The summed E-state index contributed by atoms with van der Waals surface area (Å²) in [5.41, 5.74) is 1.32. The van der Waals surface area contributed by atoms with E-state index in [0.717, 1.165) is 15.3 Å². The van der Waals surface area contributed by atoms with Crippen molar-refractivity contribution in [2.24, 2.45) is 0 Å². The summed E-state index contributed by atoms with van der Waals surface area (Å²) in [6.45, 7) is 0. The van der Waals surface area contributed by atoms with Crippen molar-refractivity contribution in [1.29, 1.82) is 0 Å². The lowest BCUT2D eigenvalue weighted by Gasteiger charge is -2.15. The van der Waals surface area contributed by atoms with Gasteiger partial charge >= 0.3 is 0 Å². The minimum atomic E-state index is -0.704. The van der Waals surface area contributed by atoms with Crippen molar-refractivity contribution in [3.8, 4) is 22.5 Å². The zero-order valence-electron chi connectivity index (χ0n) is 38.2. The number of para-hydroxylation sites is 5. The van der Waals surface area contributed by atoms with Crippen LogP contribution in [0.4, 0.5) is 0 Å². The molecule has 0 aliphatic rings. The van der Waals surface area contributed by atoms with E-state index in [1.165, 1.54) is 4.57 Å². The first-order chi connectivity index (χ1) is 28.6. The summed E-state index contributed by atoms with van der Waals surface area (Å²) in [4.78, 5) is 0. The van der Waals surface area contributed by atoms with E-state index in [9.17, 15) is 5.48 Å². The van der Waals surface area contributed by atoms with Gasteiger partial charge in [0.15, 0.2) is 0 Å². The van der Waals surface area contributed by atoms with E-state index in [1.807, 2.05) is 42.5 Å². The third-order valence-corrected chi connectivity index (χ3v) is 8.24. The molecule has 7 aromatic carbocycles. The quantitative estimate of drug-likeness (QED) is 0.201. The Bertz CT molecular complexity index is 3540. The first-order valence-electron chi connectivity index (χ1n) is 21.6. The summed E-state index contributed by atoms with van der Waals surface area (Å²) in [6.07, 6.45) is 0. The zero-order chi connectivity index (χ0) is 42.5. The molecule has 0 aliphatic carbocycles. The minimum absolute atomic E-state index is 0.0997. The Morgan fingerprint density at radius 1 is 0.444 bits per heavy atom. The van der Waals surface area contributed by atoms with E-state index in [1.54, 1.807) is 24.3 Å². The van der Waals surface area contributed by atoms with Crippen molar-refractivity contribution in [2.45, 2.75) is 0 Å². The van der Waals surface area contributed by atoms with Crippen LogP contribution < -0.4 is 0 Å². The fraction of sp³-hybridized carbons (Fsp3) is 0. The molecule has 10 aromatic rings. The fourth-order valence-electron chi connectivity index (χ4n) is 6.39. The predicted molar refractivity (Wildman–Crippen MR) is 188 cm³/mol. The highest BCUT2D eigenvalue weighted by Gasteiger charge is 2.20. The SMILES string of the molecule is [2H]c1c([2H])c([2H])c2c(c1[2H])c1c([2H])c([2H])c(-n3c4c([2H])c([2H])c([2H])c([2H])c4c4c([2H])c([2H])c([2H])c([2H])c43)c([2H])c1n2-c1ccccc1-c1cccc2oc3ccccc3c12. The molecule has 0 unspecified atom stereocenters. The van der Waals surface area contributed by atoms with Crippen LogP contribution in [0.15, 0.2) is 162 Å². The van der Waals surface area contributed by atoms with Crippen LogP contribution >= 0.6 is 0 Å². The topological polar surface area (TPSA) is 23.0 Å². The van der Waals surface area contributed by atoms with Gasteiger partial charge in [0, 0.05) is 43.6 Å². The van der Waals surface area contributed by atoms with E-state index < -0.39 is 96.3 Å². The van der Waals surface area contributed by atoms with Crippen LogP contribution in [0.3, 0.4) is 0 Å². The highest BCUT2D eigenvalue weighted by atomic mass is 16.3. The molecule has 0 saturated heterocycles. The molecule has 0 saturated carbocycles. The molecule has 0 amide bonds. The number of rotatable bonds is 3. The Balaban J connectivity index is 1.46. The Hall–Kier alpha value is -6.06. The van der Waals surface area contributed by atoms with Crippen molar-refractivity contribution < 1.29 is 25.0 Å². The maximum absolute atomic E-state index is 10.0. The van der Waals surface area contributed by atoms with Gasteiger partial charge in [-0.15, -0.1) is 0 Å². The average molecular weight is 590 g/mol. The molecular weight excluding hydrogens is 548 g/mol. The lowest BCUT2D eigenvalue weighted by molar-refractivity contribution is 0.669. The van der Waals surface area contributed by atoms with Crippen LogP contribution in [0.2, 0.25) is 0 Å². The van der Waals surface area contributed by atoms with E-state index in [2.05, 4.69) is 0 Å². The number of benzene rings is 7. The van der Waals surface area contributed by atoms with Crippen LogP contribution in [0.25, 0.3) is 88.1 Å². The monoisotopic (exact) mass is 589 g/mol. The lowest BCUT2D eigenvalue weighted by atomic mass is 9.98. The third-order valence-electron chi connectivity index (χ3n) is 8.24. The number of hydrogen-bond donors (Lipinski definition) is 0. The maximum atomic E-state index is 10.0. The summed E-state index contributed by atoms with van der Waals surface area (Å²) in [7, 11) is 0. The van der Waals surface area contributed by atoms with E-state index in [4.69, 9.17) is 19.5 Å². The Kier molecular flexibility index (Phi) is 2.90. The number of fused-ring (bicyclic) bond motifs is 9. The van der Waals surface area contributed by atoms with Gasteiger partial charge in [-0.25, -0.2) is 0 Å². The van der Waals surface area contributed by atoms with Crippen molar-refractivity contribution in [1.82, 2.24) is 9.13 Å². The summed E-state index contributed by atoms with van der Waals surface area (Å²) in [5.74, 6) is 0. The molecule has 0 bridgehead atoms. The lowest BCUT2D eigenvalue weighted by Crippen LogP contribution is -1.99. The highest BCUT2D eigenvalue weighted by Crippen LogP contribution is 2.42. The van der Waals surface area contributed by atoms with Gasteiger partial charge in [-0.3, -0.25) is 0 Å². The molecule has 0 radical (unpaired) electrons. The Morgan fingerprint density at radius 3 is 1.78 bits per heavy atom. The minimum Gasteiger partial charge on any atom is -0.456 e. The summed E-state index contributed by atoms with van der Waals surface area (Å²) in [5, 5.41) is 0.694. The van der Waals surface area contributed by atoms with E-state index >= 15 is 0 Å². The molecule has 10 rings (SSSR count). The first kappa shape index (κ1) is 14.1. The molecule has 45 heavy (non-hydrogen) atoms. The van der Waals surface area contributed by atoms with Crippen molar-refractivity contribution in [2.75, 3.05) is 0 Å². The maximum Gasteiger partial charge on any atom is 0.136 e. The Labute approximate surface area is 279 Å². The molecule has 0 spiro atoms. The fourth-order valence-corrected chi connectivity index (χ4v) is 6.39. The van der Waals surface area contributed by atoms with Gasteiger partial charge in [-0.1, -0.05) is 109 Å². The van der Waals surface area contributed by atoms with Gasteiger partial charge in [0.05, 0.1) is 48.3 Å². The van der Waals surface area contributed by atoms with Crippen molar-refractivity contribution in [3.05, 3.63) is 157 Å². The highest BCUT2D eigenvalue weighted by molar-refractivity contribution is 6.15. The van der Waals surface area contributed by atoms with E-state index in [-0.39, 0.29) is 43.6 Å². The first-order valence-corrected chi connectivity index (χ1v) is 14.1. The number of aromatic nitrogens is 2. The zero-order valence-corrected chi connectivity index (χ0v) is 23.2. The molecule has 0 fully saturated rings. The largest absolute Gasteiger partial charge is 0.456 e. The van der Waals surface area contributed by atoms with Gasteiger partial charge in [0.2, 0.25) is 0 Å². The molecule has 3 heteroatoms. The number of furan rings is 1. The molecule has 3 aromatic heterocycles. The van der Waals surface area contributed by atoms with Crippen molar-refractivity contribution in [3.63, 3.8) is 0 Å². The van der Waals surface area contributed by atoms with Crippen LogP contribution in [-0.4, -0.2) is 9.13 Å². The van der Waals surface area contributed by atoms with Gasteiger partial charge in [-0.2, -0.15) is 0 Å². The molecule has 0 aliphatic heterocycles.